The van der Waals surface area contributed by atoms with Crippen LogP contribution < -0.4 is 5.32 Å². The minimum atomic E-state index is -0.403. The van der Waals surface area contributed by atoms with Crippen LogP contribution in [0.4, 0.5) is 0 Å². The lowest BCUT2D eigenvalue weighted by atomic mass is 10.2. The van der Waals surface area contributed by atoms with Gasteiger partial charge in [-0.05, 0) is 19.9 Å². The Morgan fingerprint density at radius 2 is 2.42 bits per heavy atom. The zero-order chi connectivity index (χ0) is 9.14. The molecule has 1 rings (SSSR count). The van der Waals surface area contributed by atoms with Gasteiger partial charge >= 0.3 is 0 Å². The maximum atomic E-state index is 11.5. The van der Waals surface area contributed by atoms with Crippen LogP contribution in [0.3, 0.4) is 0 Å². The molecule has 1 saturated heterocycles. The van der Waals surface area contributed by atoms with Crippen molar-refractivity contribution in [2.75, 3.05) is 20.2 Å². The molecule has 4 heteroatoms. The third-order valence-corrected chi connectivity index (χ3v) is 2.44. The number of aliphatic hydroxyl groups excluding tert-OH is 1. The molecule has 12 heavy (non-hydrogen) atoms. The van der Waals surface area contributed by atoms with Gasteiger partial charge in [-0.1, -0.05) is 0 Å². The summed E-state index contributed by atoms with van der Waals surface area (Å²) in [6.07, 6.45) is 0.943. The molecule has 0 aromatic rings. The molecule has 0 spiro atoms. The van der Waals surface area contributed by atoms with E-state index in [2.05, 4.69) is 5.32 Å². The summed E-state index contributed by atoms with van der Waals surface area (Å²) in [5.74, 6) is -0.0116. The highest BCUT2D eigenvalue weighted by Gasteiger charge is 2.26. The van der Waals surface area contributed by atoms with E-state index in [9.17, 15) is 4.79 Å². The van der Waals surface area contributed by atoms with Crippen LogP contribution in [-0.2, 0) is 4.79 Å². The standard InChI is InChI=1S/C8H16N2O2/c1-6-3-4-9-7(5-11)8(12)10(6)2/h6-7,9,11H,3-5H2,1-2H3. The Morgan fingerprint density at radius 1 is 1.75 bits per heavy atom. The van der Waals surface area contributed by atoms with Gasteiger partial charge in [-0.15, -0.1) is 0 Å². The number of hydrogen-bond acceptors (Lipinski definition) is 3. The van der Waals surface area contributed by atoms with Gasteiger partial charge in [0.15, 0.2) is 0 Å². The van der Waals surface area contributed by atoms with Gasteiger partial charge < -0.3 is 15.3 Å². The summed E-state index contributed by atoms with van der Waals surface area (Å²) in [5.41, 5.74) is 0. The highest BCUT2D eigenvalue weighted by Crippen LogP contribution is 2.06. The summed E-state index contributed by atoms with van der Waals surface area (Å²) < 4.78 is 0. The van der Waals surface area contributed by atoms with Gasteiger partial charge in [0, 0.05) is 13.1 Å². The van der Waals surface area contributed by atoms with Crippen LogP contribution in [0.2, 0.25) is 0 Å². The van der Waals surface area contributed by atoms with E-state index in [0.717, 1.165) is 13.0 Å². The zero-order valence-corrected chi connectivity index (χ0v) is 7.58. The van der Waals surface area contributed by atoms with Crippen molar-refractivity contribution in [1.82, 2.24) is 10.2 Å². The molecule has 0 aromatic carbocycles. The number of hydrogen-bond donors (Lipinski definition) is 2. The highest BCUT2D eigenvalue weighted by atomic mass is 16.3. The van der Waals surface area contributed by atoms with Gasteiger partial charge in [0.1, 0.15) is 6.04 Å². The first-order chi connectivity index (χ1) is 5.66. The normalized spacial score (nSPS) is 31.9. The number of nitrogens with one attached hydrogen (secondary N) is 1. The number of carbonyl (C=O) groups is 1. The maximum Gasteiger partial charge on any atom is 0.242 e. The molecule has 0 radical (unpaired) electrons. The minimum absolute atomic E-state index is 0.0116. The first-order valence-electron chi connectivity index (χ1n) is 4.27. The molecule has 1 heterocycles. The number of rotatable bonds is 1. The van der Waals surface area contributed by atoms with Crippen LogP contribution in [0.15, 0.2) is 0 Å². The van der Waals surface area contributed by atoms with E-state index >= 15 is 0 Å². The van der Waals surface area contributed by atoms with Crippen molar-refractivity contribution < 1.29 is 9.90 Å². The lowest BCUT2D eigenvalue weighted by Gasteiger charge is -2.23. The fourth-order valence-electron chi connectivity index (χ4n) is 1.35. The largest absolute Gasteiger partial charge is 0.394 e. The second-order valence-electron chi connectivity index (χ2n) is 3.28. The highest BCUT2D eigenvalue weighted by molar-refractivity contribution is 5.82. The molecule has 1 fully saturated rings. The van der Waals surface area contributed by atoms with Gasteiger partial charge in [0.2, 0.25) is 5.91 Å². The van der Waals surface area contributed by atoms with Gasteiger partial charge in [0.05, 0.1) is 6.61 Å². The van der Waals surface area contributed by atoms with Crippen LogP contribution in [-0.4, -0.2) is 48.2 Å². The van der Waals surface area contributed by atoms with E-state index in [1.807, 2.05) is 6.92 Å². The first kappa shape index (κ1) is 9.48. The molecule has 1 aliphatic rings. The zero-order valence-electron chi connectivity index (χ0n) is 7.58. The van der Waals surface area contributed by atoms with Crippen molar-refractivity contribution in [2.45, 2.75) is 25.4 Å². The van der Waals surface area contributed by atoms with Gasteiger partial charge in [0.25, 0.3) is 0 Å². The van der Waals surface area contributed by atoms with Crippen LogP contribution in [0.5, 0.6) is 0 Å². The van der Waals surface area contributed by atoms with Crippen molar-refractivity contribution in [3.63, 3.8) is 0 Å². The van der Waals surface area contributed by atoms with Crippen molar-refractivity contribution >= 4 is 5.91 Å². The molecule has 0 aliphatic carbocycles. The summed E-state index contributed by atoms with van der Waals surface area (Å²) in [6.45, 7) is 2.69. The molecule has 1 amide bonds. The summed E-state index contributed by atoms with van der Waals surface area (Å²) in [7, 11) is 1.78. The van der Waals surface area contributed by atoms with Crippen LogP contribution in [0.25, 0.3) is 0 Å². The first-order valence-corrected chi connectivity index (χ1v) is 4.27. The molecule has 1 aliphatic heterocycles. The number of likely N-dealkylation sites (N-methyl/N-ethyl adjacent to an activating group) is 1. The Bertz CT molecular complexity index is 168. The summed E-state index contributed by atoms with van der Waals surface area (Å²) in [6, 6.07) is -0.138. The van der Waals surface area contributed by atoms with Crippen LogP contribution in [0, 0.1) is 0 Å². The van der Waals surface area contributed by atoms with Gasteiger partial charge in [-0.3, -0.25) is 4.79 Å². The minimum Gasteiger partial charge on any atom is -0.394 e. The summed E-state index contributed by atoms with van der Waals surface area (Å²) in [4.78, 5) is 13.2. The van der Waals surface area contributed by atoms with E-state index in [0.29, 0.717) is 0 Å². The Hall–Kier alpha value is -0.610. The van der Waals surface area contributed by atoms with E-state index in [-0.39, 0.29) is 18.6 Å². The number of carbonyl (C=O) groups excluding carboxylic acids is 1. The molecule has 4 nitrogen and oxygen atoms in total. The van der Waals surface area contributed by atoms with Gasteiger partial charge in [-0.25, -0.2) is 0 Å². The molecule has 0 aromatic heterocycles. The third-order valence-electron chi connectivity index (χ3n) is 2.44. The Morgan fingerprint density at radius 3 is 3.00 bits per heavy atom. The van der Waals surface area contributed by atoms with Gasteiger partial charge in [-0.2, -0.15) is 0 Å². The molecule has 2 unspecified atom stereocenters. The van der Waals surface area contributed by atoms with Crippen molar-refractivity contribution in [3.8, 4) is 0 Å². The van der Waals surface area contributed by atoms with E-state index in [1.54, 1.807) is 11.9 Å². The van der Waals surface area contributed by atoms with E-state index in [1.165, 1.54) is 0 Å². The molecule has 70 valence electrons. The molecular weight excluding hydrogens is 156 g/mol. The number of amides is 1. The molecule has 0 bridgehead atoms. The quantitative estimate of drug-likeness (QED) is 0.544. The molecule has 2 atom stereocenters. The van der Waals surface area contributed by atoms with Crippen molar-refractivity contribution in [3.05, 3.63) is 0 Å². The fraction of sp³-hybridized carbons (Fsp3) is 0.875. The Labute approximate surface area is 72.6 Å². The third kappa shape index (κ3) is 1.76. The van der Waals surface area contributed by atoms with Crippen molar-refractivity contribution in [2.24, 2.45) is 0 Å². The lowest BCUT2D eigenvalue weighted by molar-refractivity contribution is -0.133. The fourth-order valence-corrected chi connectivity index (χ4v) is 1.35. The Kier molecular flexibility index (Phi) is 3.05. The second-order valence-corrected chi connectivity index (χ2v) is 3.28. The Balaban J connectivity index is 2.66. The lowest BCUT2D eigenvalue weighted by Crippen LogP contribution is -2.45. The number of nitrogens with zero attached hydrogens (tertiary/aromatic N) is 1. The molecular formula is C8H16N2O2. The van der Waals surface area contributed by atoms with E-state index < -0.39 is 6.04 Å². The predicted molar refractivity (Wildman–Crippen MR) is 45.7 cm³/mol. The predicted octanol–water partition coefficient (Wildman–Crippen LogP) is -0.812. The molecule has 2 N–H and O–H groups in total. The SMILES string of the molecule is CC1CCNC(CO)C(=O)N1C. The van der Waals surface area contributed by atoms with Crippen molar-refractivity contribution in [1.29, 1.82) is 0 Å². The average Bonchev–Trinajstić information content (AvgIpc) is 2.19. The topological polar surface area (TPSA) is 52.6 Å². The smallest absolute Gasteiger partial charge is 0.242 e. The maximum absolute atomic E-state index is 11.5. The number of aliphatic hydroxyl groups is 1. The summed E-state index contributed by atoms with van der Waals surface area (Å²) in [5, 5.41) is 11.9. The molecule has 0 saturated carbocycles. The second kappa shape index (κ2) is 3.87. The monoisotopic (exact) mass is 172 g/mol. The van der Waals surface area contributed by atoms with Crippen LogP contribution >= 0.6 is 0 Å². The summed E-state index contributed by atoms with van der Waals surface area (Å²) >= 11 is 0. The average molecular weight is 172 g/mol. The van der Waals surface area contributed by atoms with E-state index in [4.69, 9.17) is 5.11 Å². The van der Waals surface area contributed by atoms with Crippen LogP contribution in [0.1, 0.15) is 13.3 Å².